The van der Waals surface area contributed by atoms with E-state index in [1.165, 1.54) is 0 Å². The van der Waals surface area contributed by atoms with E-state index in [0.29, 0.717) is 28.2 Å². The van der Waals surface area contributed by atoms with Crippen molar-refractivity contribution in [1.29, 1.82) is 0 Å². The van der Waals surface area contributed by atoms with Crippen LogP contribution in [0.4, 0.5) is 0 Å². The summed E-state index contributed by atoms with van der Waals surface area (Å²) in [6.45, 7) is 2.66. The Kier molecular flexibility index (Phi) is 5.74. The van der Waals surface area contributed by atoms with E-state index < -0.39 is 0 Å². The largest absolute Gasteiger partial charge is 0.490 e. The van der Waals surface area contributed by atoms with Crippen LogP contribution < -0.4 is 9.47 Å². The van der Waals surface area contributed by atoms with E-state index in [-0.39, 0.29) is 13.2 Å². The first kappa shape index (κ1) is 16.0. The van der Waals surface area contributed by atoms with Crippen LogP contribution in [0.15, 0.2) is 36.4 Å². The molecule has 0 fully saturated rings. The van der Waals surface area contributed by atoms with Crippen molar-refractivity contribution < 1.29 is 14.6 Å². The van der Waals surface area contributed by atoms with Crippen molar-refractivity contribution in [3.8, 4) is 11.5 Å². The summed E-state index contributed by atoms with van der Waals surface area (Å²) in [5, 5.41) is 10.2. The molecule has 0 bridgehead atoms. The third kappa shape index (κ3) is 4.03. The van der Waals surface area contributed by atoms with Crippen molar-refractivity contribution in [2.45, 2.75) is 20.1 Å². The highest BCUT2D eigenvalue weighted by Gasteiger charge is 2.09. The normalized spacial score (nSPS) is 10.5. The summed E-state index contributed by atoms with van der Waals surface area (Å²) in [5.41, 5.74) is 1.57. The maximum Gasteiger partial charge on any atom is 0.161 e. The Morgan fingerprint density at radius 2 is 1.86 bits per heavy atom. The third-order valence-corrected chi connectivity index (χ3v) is 3.76. The van der Waals surface area contributed by atoms with E-state index in [1.54, 1.807) is 24.3 Å². The van der Waals surface area contributed by atoms with Crippen LogP contribution in [0.2, 0.25) is 10.0 Å². The number of ether oxygens (including phenoxy) is 2. The third-order valence-electron chi connectivity index (χ3n) is 2.91. The molecule has 2 aromatic rings. The minimum Gasteiger partial charge on any atom is -0.490 e. The standard InChI is InChI=1S/C16H16Cl2O3/c1-2-20-15-8-11(9-19)6-7-14(15)21-10-12-4-3-5-13(17)16(12)18/h3-8,19H,2,9-10H2,1H3. The fourth-order valence-corrected chi connectivity index (χ4v) is 2.23. The minimum atomic E-state index is -0.0412. The number of aliphatic hydroxyl groups is 1. The lowest BCUT2D eigenvalue weighted by atomic mass is 10.2. The molecule has 0 unspecified atom stereocenters. The number of aliphatic hydroxyl groups excluding tert-OH is 1. The Bertz CT molecular complexity index is 614. The molecule has 0 aliphatic rings. The lowest BCUT2D eigenvalue weighted by molar-refractivity contribution is 0.264. The van der Waals surface area contributed by atoms with Crippen LogP contribution in [-0.2, 0) is 13.2 Å². The maximum atomic E-state index is 9.17. The second-order valence-corrected chi connectivity index (χ2v) is 5.16. The Morgan fingerprint density at radius 3 is 2.57 bits per heavy atom. The molecule has 2 rings (SSSR count). The van der Waals surface area contributed by atoms with Crippen LogP contribution in [0.3, 0.4) is 0 Å². The van der Waals surface area contributed by atoms with E-state index >= 15 is 0 Å². The van der Waals surface area contributed by atoms with Crippen molar-refractivity contribution in [3.63, 3.8) is 0 Å². The Hall–Kier alpha value is -1.42. The predicted octanol–water partition coefficient (Wildman–Crippen LogP) is 4.46. The van der Waals surface area contributed by atoms with Gasteiger partial charge >= 0.3 is 0 Å². The quantitative estimate of drug-likeness (QED) is 0.851. The molecule has 0 spiro atoms. The number of rotatable bonds is 6. The zero-order valence-corrected chi connectivity index (χ0v) is 13.1. The highest BCUT2D eigenvalue weighted by molar-refractivity contribution is 6.42. The van der Waals surface area contributed by atoms with Gasteiger partial charge < -0.3 is 14.6 Å². The second kappa shape index (κ2) is 7.55. The molecule has 3 nitrogen and oxygen atoms in total. The lowest BCUT2D eigenvalue weighted by Crippen LogP contribution is -2.01. The molecule has 0 saturated heterocycles. The fourth-order valence-electron chi connectivity index (χ4n) is 1.85. The second-order valence-electron chi connectivity index (χ2n) is 4.37. The summed E-state index contributed by atoms with van der Waals surface area (Å²) >= 11 is 12.1. The van der Waals surface area contributed by atoms with E-state index in [9.17, 15) is 0 Å². The highest BCUT2D eigenvalue weighted by atomic mass is 35.5. The molecule has 0 atom stereocenters. The molecule has 0 aliphatic heterocycles. The smallest absolute Gasteiger partial charge is 0.161 e. The van der Waals surface area contributed by atoms with Crippen LogP contribution in [0.5, 0.6) is 11.5 Å². The van der Waals surface area contributed by atoms with Crippen molar-refractivity contribution in [3.05, 3.63) is 57.6 Å². The number of halogens is 2. The molecule has 1 N–H and O–H groups in total. The van der Waals surface area contributed by atoms with E-state index in [2.05, 4.69) is 0 Å². The van der Waals surface area contributed by atoms with Gasteiger partial charge in [-0.2, -0.15) is 0 Å². The summed E-state index contributed by atoms with van der Waals surface area (Å²) < 4.78 is 11.3. The van der Waals surface area contributed by atoms with E-state index in [1.807, 2.05) is 19.1 Å². The average molecular weight is 327 g/mol. The summed E-state index contributed by atoms with van der Waals surface area (Å²) in [4.78, 5) is 0. The van der Waals surface area contributed by atoms with Gasteiger partial charge in [0.1, 0.15) is 6.61 Å². The molecule has 112 valence electrons. The van der Waals surface area contributed by atoms with Gasteiger partial charge in [-0.15, -0.1) is 0 Å². The first-order valence-electron chi connectivity index (χ1n) is 6.58. The van der Waals surface area contributed by atoms with Crippen LogP contribution >= 0.6 is 23.2 Å². The van der Waals surface area contributed by atoms with Crippen molar-refractivity contribution in [1.82, 2.24) is 0 Å². The molecular formula is C16H16Cl2O3. The summed E-state index contributed by atoms with van der Waals surface area (Å²) in [6, 6.07) is 10.7. The molecule has 0 heterocycles. The molecule has 2 aromatic carbocycles. The maximum absolute atomic E-state index is 9.17. The van der Waals surface area contributed by atoms with Gasteiger partial charge in [-0.1, -0.05) is 41.4 Å². The first-order valence-corrected chi connectivity index (χ1v) is 7.33. The molecule has 0 amide bonds. The monoisotopic (exact) mass is 326 g/mol. The minimum absolute atomic E-state index is 0.0412. The van der Waals surface area contributed by atoms with Gasteiger partial charge in [0, 0.05) is 5.56 Å². The van der Waals surface area contributed by atoms with Gasteiger partial charge in [0.15, 0.2) is 11.5 Å². The van der Waals surface area contributed by atoms with Gasteiger partial charge in [-0.25, -0.2) is 0 Å². The molecule has 5 heteroatoms. The van der Waals surface area contributed by atoms with Gasteiger partial charge in [0.05, 0.1) is 23.3 Å². The van der Waals surface area contributed by atoms with Crippen molar-refractivity contribution in [2.24, 2.45) is 0 Å². The van der Waals surface area contributed by atoms with Crippen molar-refractivity contribution in [2.75, 3.05) is 6.61 Å². The predicted molar refractivity (Wildman–Crippen MR) is 84.3 cm³/mol. The Balaban J connectivity index is 2.17. The molecule has 0 saturated carbocycles. The summed E-state index contributed by atoms with van der Waals surface area (Å²) in [6.07, 6.45) is 0. The summed E-state index contributed by atoms with van der Waals surface area (Å²) in [5.74, 6) is 1.20. The zero-order valence-electron chi connectivity index (χ0n) is 11.6. The fraction of sp³-hybridized carbons (Fsp3) is 0.250. The topological polar surface area (TPSA) is 38.7 Å². The highest BCUT2D eigenvalue weighted by Crippen LogP contribution is 2.31. The number of hydrogen-bond donors (Lipinski definition) is 1. The van der Waals surface area contributed by atoms with Crippen molar-refractivity contribution >= 4 is 23.2 Å². The molecule has 21 heavy (non-hydrogen) atoms. The van der Waals surface area contributed by atoms with Gasteiger partial charge in [0.25, 0.3) is 0 Å². The summed E-state index contributed by atoms with van der Waals surface area (Å²) in [7, 11) is 0. The van der Waals surface area contributed by atoms with Crippen LogP contribution in [0, 0.1) is 0 Å². The van der Waals surface area contributed by atoms with Gasteiger partial charge in [-0.3, -0.25) is 0 Å². The first-order chi connectivity index (χ1) is 10.2. The zero-order chi connectivity index (χ0) is 15.2. The molecule has 0 aliphatic carbocycles. The SMILES string of the molecule is CCOc1cc(CO)ccc1OCc1cccc(Cl)c1Cl. The van der Waals surface area contributed by atoms with Gasteiger partial charge in [0.2, 0.25) is 0 Å². The number of hydrogen-bond acceptors (Lipinski definition) is 3. The average Bonchev–Trinajstić information content (AvgIpc) is 2.50. The van der Waals surface area contributed by atoms with Crippen LogP contribution in [-0.4, -0.2) is 11.7 Å². The number of benzene rings is 2. The van der Waals surface area contributed by atoms with Gasteiger partial charge in [-0.05, 0) is 30.7 Å². The van der Waals surface area contributed by atoms with Crippen LogP contribution in [0.25, 0.3) is 0 Å². The molecular weight excluding hydrogens is 311 g/mol. The van der Waals surface area contributed by atoms with E-state index in [4.69, 9.17) is 37.8 Å². The lowest BCUT2D eigenvalue weighted by Gasteiger charge is -2.13. The Labute approximate surface area is 134 Å². The molecule has 0 aromatic heterocycles. The Morgan fingerprint density at radius 1 is 1.05 bits per heavy atom. The molecule has 0 radical (unpaired) electrons. The van der Waals surface area contributed by atoms with Crippen LogP contribution in [0.1, 0.15) is 18.1 Å². The van der Waals surface area contributed by atoms with E-state index in [0.717, 1.165) is 11.1 Å².